The average molecular weight is 564 g/mol. The molecule has 3 heterocycles. The fourth-order valence-electron chi connectivity index (χ4n) is 5.11. The third kappa shape index (κ3) is 4.49. The van der Waals surface area contributed by atoms with Gasteiger partial charge in [-0.2, -0.15) is 0 Å². The van der Waals surface area contributed by atoms with E-state index in [4.69, 9.17) is 13.9 Å². The number of benzene rings is 2. The van der Waals surface area contributed by atoms with Crippen molar-refractivity contribution in [2.75, 3.05) is 13.2 Å². The highest BCUT2D eigenvalue weighted by Crippen LogP contribution is 2.50. The molecule has 2 saturated heterocycles. The highest BCUT2D eigenvalue weighted by atomic mass is 16.5. The van der Waals surface area contributed by atoms with Crippen LogP contribution in [0.5, 0.6) is 17.2 Å². The molecule has 0 aliphatic carbocycles. The maximum Gasteiger partial charge on any atom is 0.197 e. The van der Waals surface area contributed by atoms with E-state index in [9.17, 15) is 55.9 Å². The van der Waals surface area contributed by atoms with Gasteiger partial charge in [-0.25, -0.2) is 0 Å². The van der Waals surface area contributed by atoms with Crippen LogP contribution < -0.4 is 5.43 Å². The second kappa shape index (κ2) is 10.6. The monoisotopic (exact) mass is 564 g/mol. The van der Waals surface area contributed by atoms with Gasteiger partial charge in [-0.05, 0) is 24.3 Å². The van der Waals surface area contributed by atoms with Crippen molar-refractivity contribution in [2.24, 2.45) is 0 Å². The molecule has 216 valence electrons. The lowest BCUT2D eigenvalue weighted by Gasteiger charge is -2.41. The van der Waals surface area contributed by atoms with Crippen LogP contribution in [0.25, 0.3) is 22.3 Å². The second-order valence-electron chi connectivity index (χ2n) is 9.80. The molecule has 3 aromatic rings. The first-order valence-corrected chi connectivity index (χ1v) is 12.3. The second-order valence-corrected chi connectivity index (χ2v) is 9.80. The van der Waals surface area contributed by atoms with E-state index in [-0.39, 0.29) is 11.5 Å². The van der Waals surface area contributed by atoms with Crippen LogP contribution in [0.1, 0.15) is 23.3 Å². The molecule has 14 heteroatoms. The summed E-state index contributed by atoms with van der Waals surface area (Å²) in [7, 11) is 0. The maximum atomic E-state index is 13.4. The summed E-state index contributed by atoms with van der Waals surface area (Å²) in [4.78, 5) is 13.4. The highest BCUT2D eigenvalue weighted by molar-refractivity contribution is 5.92. The fraction of sp³-hybridized carbons (Fsp3) is 0.423. The zero-order valence-corrected chi connectivity index (χ0v) is 20.6. The van der Waals surface area contributed by atoms with Crippen LogP contribution in [0, 0.1) is 0 Å². The molecule has 0 unspecified atom stereocenters. The van der Waals surface area contributed by atoms with E-state index >= 15 is 0 Å². The van der Waals surface area contributed by atoms with Crippen molar-refractivity contribution in [1.29, 1.82) is 0 Å². The standard InChI is InChI=1S/C26H28O14/c27-6-13-18(32)21(35)23(37)26(40-13)15-19(33)14-10(29)5-12(8-1-3-9(28)4-2-8)39-24(14)16(20(15)34)25-22(36)17(31)11(30)7-38-25/h1-5,11,13,17-18,21-23,25-28,30-37H,6-7H2/t11-,13+,17-,18-,21-,22+,23+,25-,26-/m0/s1. The molecule has 0 spiro atoms. The smallest absolute Gasteiger partial charge is 0.197 e. The van der Waals surface area contributed by atoms with E-state index in [1.165, 1.54) is 24.3 Å². The number of rotatable bonds is 4. The summed E-state index contributed by atoms with van der Waals surface area (Å²) in [5.74, 6) is -2.01. The van der Waals surface area contributed by atoms with Crippen molar-refractivity contribution in [3.05, 3.63) is 51.7 Å². The first kappa shape index (κ1) is 28.2. The zero-order valence-electron chi connectivity index (χ0n) is 20.6. The van der Waals surface area contributed by atoms with Crippen molar-refractivity contribution in [2.45, 2.75) is 54.9 Å². The molecule has 9 atom stereocenters. The maximum absolute atomic E-state index is 13.4. The Labute approximate surface area is 224 Å². The zero-order chi connectivity index (χ0) is 29.0. The van der Waals surface area contributed by atoms with Crippen molar-refractivity contribution in [1.82, 2.24) is 0 Å². The molecule has 5 rings (SSSR count). The molecular formula is C26H28O14. The summed E-state index contributed by atoms with van der Waals surface area (Å²) in [6, 6.07) is 6.50. The SMILES string of the molecule is O=c1cc(-c2ccc(O)cc2)oc2c([C@@H]3OC[C@H](O)[C@H](O)[C@H]3O)c(O)c([C@@H]3O[C@H](CO)[C@H](O)[C@H](O)[C@H]3O)c(O)c12. The summed E-state index contributed by atoms with van der Waals surface area (Å²) in [5.41, 5.74) is -2.15. The summed E-state index contributed by atoms with van der Waals surface area (Å²) in [5, 5.41) is 104. The molecular weight excluding hydrogens is 536 g/mol. The molecule has 10 N–H and O–H groups in total. The molecule has 0 radical (unpaired) electrons. The molecule has 40 heavy (non-hydrogen) atoms. The number of aliphatic hydroxyl groups excluding tert-OH is 7. The molecule has 0 amide bonds. The van der Waals surface area contributed by atoms with Crippen LogP contribution >= 0.6 is 0 Å². The van der Waals surface area contributed by atoms with Gasteiger partial charge >= 0.3 is 0 Å². The van der Waals surface area contributed by atoms with Gasteiger partial charge in [0.2, 0.25) is 0 Å². The number of hydrogen-bond donors (Lipinski definition) is 10. The molecule has 2 aromatic carbocycles. The third-order valence-electron chi connectivity index (χ3n) is 7.31. The Morgan fingerprint density at radius 2 is 1.43 bits per heavy atom. The number of ether oxygens (including phenoxy) is 2. The molecule has 1 aromatic heterocycles. The minimum Gasteiger partial charge on any atom is -0.508 e. The van der Waals surface area contributed by atoms with E-state index in [0.29, 0.717) is 5.56 Å². The molecule has 2 fully saturated rings. The Morgan fingerprint density at radius 1 is 0.775 bits per heavy atom. The van der Waals surface area contributed by atoms with Crippen LogP contribution in [0.2, 0.25) is 0 Å². The van der Waals surface area contributed by atoms with Gasteiger partial charge in [0.15, 0.2) is 11.0 Å². The number of fused-ring (bicyclic) bond motifs is 1. The molecule has 2 aliphatic rings. The minimum atomic E-state index is -1.98. The highest BCUT2D eigenvalue weighted by Gasteiger charge is 2.48. The van der Waals surface area contributed by atoms with Gasteiger partial charge in [0.05, 0.1) is 24.3 Å². The third-order valence-corrected chi connectivity index (χ3v) is 7.31. The van der Waals surface area contributed by atoms with Gasteiger partial charge in [-0.1, -0.05) is 0 Å². The number of hydrogen-bond acceptors (Lipinski definition) is 14. The Kier molecular flexibility index (Phi) is 7.47. The van der Waals surface area contributed by atoms with Crippen LogP contribution in [-0.4, -0.2) is 107 Å². The summed E-state index contributed by atoms with van der Waals surface area (Å²) < 4.78 is 16.9. The number of phenolic OH excluding ortho intramolecular Hbond substituents is 3. The predicted octanol–water partition coefficient (Wildman–Crippen LogP) is -1.75. The number of aliphatic hydroxyl groups is 7. The molecule has 0 bridgehead atoms. The summed E-state index contributed by atoms with van der Waals surface area (Å²) in [6.07, 6.45) is -15.7. The Balaban J connectivity index is 1.80. The van der Waals surface area contributed by atoms with E-state index in [0.717, 1.165) is 6.07 Å². The van der Waals surface area contributed by atoms with Crippen molar-refractivity contribution >= 4 is 11.0 Å². The van der Waals surface area contributed by atoms with Crippen LogP contribution in [0.4, 0.5) is 0 Å². The average Bonchev–Trinajstić information content (AvgIpc) is 2.92. The Bertz CT molecular complexity index is 1450. The van der Waals surface area contributed by atoms with Gasteiger partial charge in [-0.3, -0.25) is 4.79 Å². The molecule has 0 saturated carbocycles. The lowest BCUT2D eigenvalue weighted by atomic mass is 9.85. The molecule has 14 nitrogen and oxygen atoms in total. The fourth-order valence-corrected chi connectivity index (χ4v) is 5.11. The van der Waals surface area contributed by atoms with E-state index < -0.39 is 107 Å². The van der Waals surface area contributed by atoms with Crippen molar-refractivity contribution < 1.29 is 65.0 Å². The summed E-state index contributed by atoms with van der Waals surface area (Å²) in [6.45, 7) is -1.34. The largest absolute Gasteiger partial charge is 0.508 e. The van der Waals surface area contributed by atoms with E-state index in [1.54, 1.807) is 0 Å². The lowest BCUT2D eigenvalue weighted by Crippen LogP contribution is -2.55. The Hall–Kier alpha value is -3.31. The topological polar surface area (TPSA) is 251 Å². The van der Waals surface area contributed by atoms with Crippen molar-refractivity contribution in [3.63, 3.8) is 0 Å². The van der Waals surface area contributed by atoms with Gasteiger partial charge in [0.1, 0.15) is 83.3 Å². The van der Waals surface area contributed by atoms with Crippen LogP contribution in [-0.2, 0) is 9.47 Å². The minimum absolute atomic E-state index is 0.0710. The van der Waals surface area contributed by atoms with Crippen LogP contribution in [0.15, 0.2) is 39.5 Å². The van der Waals surface area contributed by atoms with Gasteiger partial charge < -0.3 is 65.0 Å². The number of phenols is 3. The van der Waals surface area contributed by atoms with Crippen molar-refractivity contribution in [3.8, 4) is 28.6 Å². The van der Waals surface area contributed by atoms with Gasteiger partial charge in [-0.15, -0.1) is 0 Å². The summed E-state index contributed by atoms with van der Waals surface area (Å²) >= 11 is 0. The van der Waals surface area contributed by atoms with E-state index in [1.807, 2.05) is 0 Å². The quantitative estimate of drug-likeness (QED) is 0.169. The van der Waals surface area contributed by atoms with Gasteiger partial charge in [0.25, 0.3) is 0 Å². The normalized spacial score (nSPS) is 32.8. The predicted molar refractivity (Wildman–Crippen MR) is 132 cm³/mol. The Morgan fingerprint density at radius 3 is 2.08 bits per heavy atom. The van der Waals surface area contributed by atoms with E-state index in [2.05, 4.69) is 0 Å². The number of aromatic hydroxyl groups is 3. The van der Waals surface area contributed by atoms with Gasteiger partial charge in [0, 0.05) is 11.6 Å². The first-order chi connectivity index (χ1) is 19.0. The molecule has 2 aliphatic heterocycles. The lowest BCUT2D eigenvalue weighted by molar-refractivity contribution is -0.232. The van der Waals surface area contributed by atoms with Crippen LogP contribution in [0.3, 0.4) is 0 Å². The first-order valence-electron chi connectivity index (χ1n) is 12.3.